The fourth-order valence-corrected chi connectivity index (χ4v) is 5.96. The van der Waals surface area contributed by atoms with E-state index in [1.807, 2.05) is 48.5 Å². The summed E-state index contributed by atoms with van der Waals surface area (Å²) in [4.78, 5) is 23.3. The van der Waals surface area contributed by atoms with Crippen LogP contribution < -0.4 is 16.2 Å². The standard InChI is InChI=1S/C40H39N5O2/c1-2-3-4-13-34(44-38-15-7-8-23-41-38)30-17-19-31(20-18-30)39-43-27-35(40(46)45(39)24-22-28-10-9-11-28)42-26-29-16-21-37-33(25-29)32-12-5-6-14-36(32)47-37/h5-8,12-23,25,27,42H,2-4,9-11,24,26H2,1H3,(H,41,44)/b34-13+. The summed E-state index contributed by atoms with van der Waals surface area (Å²) >= 11 is 0. The Morgan fingerprint density at radius 1 is 0.936 bits per heavy atom. The van der Waals surface area contributed by atoms with Gasteiger partial charge in [0.15, 0.2) is 0 Å². The van der Waals surface area contributed by atoms with Crippen LogP contribution >= 0.6 is 0 Å². The van der Waals surface area contributed by atoms with E-state index in [1.54, 1.807) is 17.0 Å². The summed E-state index contributed by atoms with van der Waals surface area (Å²) in [6, 6.07) is 28.4. The average molecular weight is 622 g/mol. The summed E-state index contributed by atoms with van der Waals surface area (Å²) in [5.41, 5.74) is 7.57. The third-order valence-electron chi connectivity index (χ3n) is 8.82. The highest BCUT2D eigenvalue weighted by atomic mass is 16.3. The molecule has 0 atom stereocenters. The Kier molecular flexibility index (Phi) is 8.95. The average Bonchev–Trinajstić information content (AvgIpc) is 3.46. The van der Waals surface area contributed by atoms with Gasteiger partial charge in [-0.3, -0.25) is 9.36 Å². The number of benzene rings is 3. The zero-order valence-electron chi connectivity index (χ0n) is 26.7. The second-order valence-corrected chi connectivity index (χ2v) is 12.1. The van der Waals surface area contributed by atoms with Crippen LogP contribution in [0.15, 0.2) is 124 Å². The van der Waals surface area contributed by atoms with Crippen molar-refractivity contribution < 1.29 is 4.42 Å². The number of hydrogen-bond donors (Lipinski definition) is 2. The van der Waals surface area contributed by atoms with Crippen LogP contribution in [0.4, 0.5) is 11.5 Å². The molecule has 0 spiro atoms. The fourth-order valence-electron chi connectivity index (χ4n) is 5.96. The predicted molar refractivity (Wildman–Crippen MR) is 192 cm³/mol. The second-order valence-electron chi connectivity index (χ2n) is 12.1. The maximum Gasteiger partial charge on any atom is 0.277 e. The van der Waals surface area contributed by atoms with Crippen LogP contribution in [-0.2, 0) is 13.1 Å². The Morgan fingerprint density at radius 2 is 1.77 bits per heavy atom. The molecule has 3 aromatic heterocycles. The Balaban J connectivity index is 1.16. The van der Waals surface area contributed by atoms with Gasteiger partial charge in [0.1, 0.15) is 28.5 Å². The molecule has 6 aromatic rings. The Labute approximate surface area is 274 Å². The molecule has 7 nitrogen and oxygen atoms in total. The van der Waals surface area contributed by atoms with E-state index in [0.29, 0.717) is 24.6 Å². The highest BCUT2D eigenvalue weighted by molar-refractivity contribution is 6.05. The molecule has 0 amide bonds. The summed E-state index contributed by atoms with van der Waals surface area (Å²) in [5, 5.41) is 9.02. The van der Waals surface area contributed by atoms with Crippen molar-refractivity contribution in [2.24, 2.45) is 0 Å². The summed E-state index contributed by atoms with van der Waals surface area (Å²) in [5.74, 6) is 1.46. The molecular formula is C40H39N5O2. The Bertz CT molecular complexity index is 2120. The lowest BCUT2D eigenvalue weighted by Crippen LogP contribution is -2.26. The minimum absolute atomic E-state index is 0.0814. The summed E-state index contributed by atoms with van der Waals surface area (Å²) in [6.07, 6.45) is 14.5. The van der Waals surface area contributed by atoms with Crippen LogP contribution in [-0.4, -0.2) is 14.5 Å². The lowest BCUT2D eigenvalue weighted by atomic mass is 9.92. The van der Waals surface area contributed by atoms with Crippen LogP contribution in [0.2, 0.25) is 0 Å². The molecule has 0 unspecified atom stereocenters. The first kappa shape index (κ1) is 30.2. The van der Waals surface area contributed by atoms with Crippen molar-refractivity contribution in [1.29, 1.82) is 0 Å². The van der Waals surface area contributed by atoms with Gasteiger partial charge >= 0.3 is 0 Å². The molecule has 0 saturated heterocycles. The SMILES string of the molecule is CCCC/C=C(/Nc1ccccn1)c1ccc(-c2ncc(NCc3ccc4oc5ccccc5c4c3)c(=O)n2CC=C2CCC2)cc1. The lowest BCUT2D eigenvalue weighted by molar-refractivity contribution is 0.645. The van der Waals surface area contributed by atoms with Crippen molar-refractivity contribution in [1.82, 2.24) is 14.5 Å². The number of fused-ring (bicyclic) bond motifs is 3. The lowest BCUT2D eigenvalue weighted by Gasteiger charge is -2.18. The number of allylic oxidation sites excluding steroid dienone is 3. The van der Waals surface area contributed by atoms with Gasteiger partial charge in [-0.25, -0.2) is 9.97 Å². The van der Waals surface area contributed by atoms with Gasteiger partial charge in [-0.15, -0.1) is 0 Å². The topological polar surface area (TPSA) is 85.0 Å². The van der Waals surface area contributed by atoms with Crippen LogP contribution in [0, 0.1) is 0 Å². The van der Waals surface area contributed by atoms with Crippen molar-refractivity contribution in [3.05, 3.63) is 137 Å². The van der Waals surface area contributed by atoms with Crippen molar-refractivity contribution >= 4 is 39.1 Å². The maximum absolute atomic E-state index is 14.0. The highest BCUT2D eigenvalue weighted by Gasteiger charge is 2.15. The second kappa shape index (κ2) is 13.9. The normalized spacial score (nSPS) is 13.1. The minimum atomic E-state index is -0.0814. The largest absolute Gasteiger partial charge is 0.456 e. The van der Waals surface area contributed by atoms with Gasteiger partial charge in [0.2, 0.25) is 0 Å². The number of hydrogen-bond acceptors (Lipinski definition) is 6. The molecule has 0 bridgehead atoms. The molecule has 1 saturated carbocycles. The number of furan rings is 1. The molecule has 0 aliphatic heterocycles. The summed E-state index contributed by atoms with van der Waals surface area (Å²) in [6.45, 7) is 3.19. The molecule has 7 rings (SSSR count). The highest BCUT2D eigenvalue weighted by Crippen LogP contribution is 2.30. The molecule has 2 N–H and O–H groups in total. The van der Waals surface area contributed by atoms with E-state index >= 15 is 0 Å². The Morgan fingerprint density at radius 3 is 2.55 bits per heavy atom. The fraction of sp³-hybridized carbons (Fsp3) is 0.225. The number of unbranched alkanes of at least 4 members (excludes halogenated alkanes) is 2. The maximum atomic E-state index is 14.0. The molecule has 1 fully saturated rings. The van der Waals surface area contributed by atoms with Crippen LogP contribution in [0.1, 0.15) is 56.6 Å². The molecular weight excluding hydrogens is 582 g/mol. The number of nitrogens with zero attached hydrogens (tertiary/aromatic N) is 3. The van der Waals surface area contributed by atoms with Crippen molar-refractivity contribution in [2.45, 2.75) is 58.5 Å². The zero-order valence-corrected chi connectivity index (χ0v) is 26.7. The van der Waals surface area contributed by atoms with Gasteiger partial charge in [0.05, 0.1) is 6.20 Å². The van der Waals surface area contributed by atoms with E-state index in [1.165, 1.54) is 12.0 Å². The van der Waals surface area contributed by atoms with Crippen LogP contribution in [0.5, 0.6) is 0 Å². The number of rotatable bonds is 12. The van der Waals surface area contributed by atoms with E-state index in [9.17, 15) is 4.79 Å². The summed E-state index contributed by atoms with van der Waals surface area (Å²) < 4.78 is 7.78. The molecule has 1 aliphatic carbocycles. The van der Waals surface area contributed by atoms with E-state index in [0.717, 1.165) is 82.2 Å². The van der Waals surface area contributed by atoms with Crippen LogP contribution in [0.3, 0.4) is 0 Å². The van der Waals surface area contributed by atoms with E-state index in [-0.39, 0.29) is 5.56 Å². The predicted octanol–water partition coefficient (Wildman–Crippen LogP) is 9.57. The molecule has 3 aromatic carbocycles. The first-order valence-electron chi connectivity index (χ1n) is 16.6. The number of pyridine rings is 1. The first-order chi connectivity index (χ1) is 23.2. The smallest absolute Gasteiger partial charge is 0.277 e. The zero-order chi connectivity index (χ0) is 32.0. The molecule has 0 radical (unpaired) electrons. The first-order valence-corrected chi connectivity index (χ1v) is 16.6. The van der Waals surface area contributed by atoms with Gasteiger partial charge in [-0.2, -0.15) is 0 Å². The molecule has 3 heterocycles. The van der Waals surface area contributed by atoms with Gasteiger partial charge in [-0.05, 0) is 73.6 Å². The molecule has 1 aliphatic rings. The number of para-hydroxylation sites is 1. The van der Waals surface area contributed by atoms with Crippen molar-refractivity contribution in [2.75, 3.05) is 10.6 Å². The van der Waals surface area contributed by atoms with Gasteiger partial charge in [0, 0.05) is 41.3 Å². The summed E-state index contributed by atoms with van der Waals surface area (Å²) in [7, 11) is 0. The van der Waals surface area contributed by atoms with E-state index in [4.69, 9.17) is 9.40 Å². The van der Waals surface area contributed by atoms with Gasteiger partial charge < -0.3 is 15.1 Å². The third kappa shape index (κ3) is 6.75. The van der Waals surface area contributed by atoms with Gasteiger partial charge in [-0.1, -0.05) is 85.7 Å². The minimum Gasteiger partial charge on any atom is -0.456 e. The van der Waals surface area contributed by atoms with Gasteiger partial charge in [0.25, 0.3) is 5.56 Å². The molecule has 47 heavy (non-hydrogen) atoms. The quantitative estimate of drug-likeness (QED) is 0.105. The van der Waals surface area contributed by atoms with Crippen molar-refractivity contribution in [3.8, 4) is 11.4 Å². The van der Waals surface area contributed by atoms with E-state index in [2.05, 4.69) is 71.1 Å². The Hall–Kier alpha value is -5.43. The molecule has 236 valence electrons. The molecule has 7 heteroatoms. The van der Waals surface area contributed by atoms with Crippen LogP contribution in [0.25, 0.3) is 39.0 Å². The van der Waals surface area contributed by atoms with Crippen molar-refractivity contribution in [3.63, 3.8) is 0 Å². The van der Waals surface area contributed by atoms with E-state index < -0.39 is 0 Å². The number of nitrogens with one attached hydrogen (secondary N) is 2. The monoisotopic (exact) mass is 621 g/mol. The third-order valence-corrected chi connectivity index (χ3v) is 8.82. The number of anilines is 2. The number of aromatic nitrogens is 3.